The second-order valence-electron chi connectivity index (χ2n) is 5.57. The number of carbonyl (C=O) groups is 2. The number of hydrogen-bond acceptors (Lipinski definition) is 7. The summed E-state index contributed by atoms with van der Waals surface area (Å²) in [5.74, 6) is -1.22. The molecule has 0 aliphatic rings. The van der Waals surface area contributed by atoms with Crippen LogP contribution in [0.25, 0.3) is 0 Å². The molecule has 0 aliphatic heterocycles. The van der Waals surface area contributed by atoms with E-state index >= 15 is 0 Å². The number of para-hydroxylation sites is 1. The van der Waals surface area contributed by atoms with Crippen LogP contribution in [-0.2, 0) is 9.53 Å². The van der Waals surface area contributed by atoms with E-state index in [4.69, 9.17) is 14.2 Å². The smallest absolute Gasteiger partial charge is 0.345 e. The third-order valence-electron chi connectivity index (χ3n) is 3.84. The summed E-state index contributed by atoms with van der Waals surface area (Å²) in [5.41, 5.74) is -0.212. The highest BCUT2D eigenvalue weighted by Gasteiger charge is 2.26. The molecule has 148 valence electrons. The van der Waals surface area contributed by atoms with Gasteiger partial charge in [-0.05, 0) is 19.1 Å². The van der Waals surface area contributed by atoms with E-state index in [0.717, 1.165) is 12.1 Å². The first-order chi connectivity index (χ1) is 13.4. The van der Waals surface area contributed by atoms with Crippen molar-refractivity contribution in [3.8, 4) is 11.5 Å². The fraction of sp³-hybridized carbons (Fsp3) is 0.263. The van der Waals surface area contributed by atoms with Crippen molar-refractivity contribution in [1.29, 1.82) is 0 Å². The van der Waals surface area contributed by atoms with Crippen molar-refractivity contribution in [2.75, 3.05) is 32.3 Å². The molecule has 2 aromatic carbocycles. The molecule has 1 amide bonds. The predicted molar refractivity (Wildman–Crippen MR) is 101 cm³/mol. The highest BCUT2D eigenvalue weighted by molar-refractivity contribution is 5.98. The summed E-state index contributed by atoms with van der Waals surface area (Å²) in [7, 11) is 2.88. The molecule has 0 saturated carbocycles. The van der Waals surface area contributed by atoms with Gasteiger partial charge < -0.3 is 19.1 Å². The van der Waals surface area contributed by atoms with Crippen LogP contribution < -0.4 is 14.4 Å². The second-order valence-corrected chi connectivity index (χ2v) is 5.57. The third-order valence-corrected chi connectivity index (χ3v) is 3.84. The van der Waals surface area contributed by atoms with Crippen molar-refractivity contribution < 1.29 is 28.7 Å². The SMILES string of the molecule is CCOc1cc([N+](=O)[O-])c(C(=O)OCC(=O)N(C)c2ccccc2)cc1OC. The Hall–Kier alpha value is -3.62. The van der Waals surface area contributed by atoms with Gasteiger partial charge in [0.05, 0.1) is 24.7 Å². The summed E-state index contributed by atoms with van der Waals surface area (Å²) in [6.07, 6.45) is 0. The molecule has 0 bridgehead atoms. The second kappa shape index (κ2) is 9.36. The molecule has 9 nitrogen and oxygen atoms in total. The van der Waals surface area contributed by atoms with E-state index in [0.29, 0.717) is 5.69 Å². The Labute approximate surface area is 161 Å². The van der Waals surface area contributed by atoms with Gasteiger partial charge in [0.2, 0.25) is 0 Å². The number of nitro benzene ring substituents is 1. The fourth-order valence-corrected chi connectivity index (χ4v) is 2.39. The predicted octanol–water partition coefficient (Wildman–Crippen LogP) is 2.82. The number of hydrogen-bond donors (Lipinski definition) is 0. The number of nitrogens with zero attached hydrogens (tertiary/aromatic N) is 2. The summed E-state index contributed by atoms with van der Waals surface area (Å²) in [5, 5.41) is 11.3. The maximum Gasteiger partial charge on any atom is 0.345 e. The molecule has 9 heteroatoms. The molecular formula is C19H20N2O7. The van der Waals surface area contributed by atoms with Crippen LogP contribution in [0, 0.1) is 10.1 Å². The Bertz CT molecular complexity index is 868. The van der Waals surface area contributed by atoms with Crippen molar-refractivity contribution >= 4 is 23.3 Å². The number of benzene rings is 2. The minimum Gasteiger partial charge on any atom is -0.493 e. The maximum absolute atomic E-state index is 12.4. The highest BCUT2D eigenvalue weighted by atomic mass is 16.6. The monoisotopic (exact) mass is 388 g/mol. The molecule has 0 saturated heterocycles. The Balaban J connectivity index is 2.19. The van der Waals surface area contributed by atoms with Gasteiger partial charge >= 0.3 is 5.97 Å². The fourth-order valence-electron chi connectivity index (χ4n) is 2.39. The Morgan fingerprint density at radius 2 is 1.82 bits per heavy atom. The number of anilines is 1. The number of methoxy groups -OCH3 is 1. The van der Waals surface area contributed by atoms with E-state index in [2.05, 4.69) is 0 Å². The van der Waals surface area contributed by atoms with Crippen LogP contribution >= 0.6 is 0 Å². The van der Waals surface area contributed by atoms with Gasteiger partial charge in [0, 0.05) is 18.8 Å². The number of esters is 1. The molecule has 0 N–H and O–H groups in total. The van der Waals surface area contributed by atoms with E-state index in [1.807, 2.05) is 0 Å². The first-order valence-corrected chi connectivity index (χ1v) is 8.37. The van der Waals surface area contributed by atoms with E-state index in [9.17, 15) is 19.7 Å². The van der Waals surface area contributed by atoms with Gasteiger partial charge in [0.15, 0.2) is 18.1 Å². The minimum absolute atomic E-state index is 0.133. The van der Waals surface area contributed by atoms with Crippen LogP contribution in [0.4, 0.5) is 11.4 Å². The van der Waals surface area contributed by atoms with Crippen molar-refractivity contribution in [2.24, 2.45) is 0 Å². The summed E-state index contributed by atoms with van der Waals surface area (Å²) < 4.78 is 15.4. The van der Waals surface area contributed by atoms with Gasteiger partial charge in [0.25, 0.3) is 11.6 Å². The quantitative estimate of drug-likeness (QED) is 0.389. The average molecular weight is 388 g/mol. The largest absolute Gasteiger partial charge is 0.493 e. The summed E-state index contributed by atoms with van der Waals surface area (Å²) >= 11 is 0. The van der Waals surface area contributed by atoms with Gasteiger partial charge in [-0.15, -0.1) is 0 Å². The summed E-state index contributed by atoms with van der Waals surface area (Å²) in [4.78, 5) is 36.5. The number of nitro groups is 1. The van der Waals surface area contributed by atoms with Crippen molar-refractivity contribution in [2.45, 2.75) is 6.92 Å². The lowest BCUT2D eigenvalue weighted by Crippen LogP contribution is -2.31. The van der Waals surface area contributed by atoms with Crippen molar-refractivity contribution in [1.82, 2.24) is 0 Å². The van der Waals surface area contributed by atoms with Crippen molar-refractivity contribution in [3.05, 3.63) is 58.1 Å². The first-order valence-electron chi connectivity index (χ1n) is 8.37. The average Bonchev–Trinajstić information content (AvgIpc) is 2.71. The third kappa shape index (κ3) is 4.76. The molecule has 0 unspecified atom stereocenters. The lowest BCUT2D eigenvalue weighted by Gasteiger charge is -2.17. The maximum atomic E-state index is 12.4. The van der Waals surface area contributed by atoms with Crippen LogP contribution in [0.15, 0.2) is 42.5 Å². The van der Waals surface area contributed by atoms with E-state index < -0.39 is 29.1 Å². The first kappa shape index (κ1) is 20.7. The molecular weight excluding hydrogens is 368 g/mol. The molecule has 0 radical (unpaired) electrons. The normalized spacial score (nSPS) is 10.1. The minimum atomic E-state index is -1.01. The number of ether oxygens (including phenoxy) is 3. The Morgan fingerprint density at radius 1 is 1.14 bits per heavy atom. The molecule has 0 spiro atoms. The topological polar surface area (TPSA) is 108 Å². The molecule has 0 aliphatic carbocycles. The molecule has 2 aromatic rings. The summed E-state index contributed by atoms with van der Waals surface area (Å²) in [6, 6.07) is 11.0. The van der Waals surface area contributed by atoms with Crippen molar-refractivity contribution in [3.63, 3.8) is 0 Å². The molecule has 0 fully saturated rings. The zero-order chi connectivity index (χ0) is 20.7. The molecule has 0 atom stereocenters. The zero-order valence-corrected chi connectivity index (χ0v) is 15.7. The zero-order valence-electron chi connectivity index (χ0n) is 15.7. The van der Waals surface area contributed by atoms with Gasteiger partial charge in [-0.3, -0.25) is 14.9 Å². The summed E-state index contributed by atoms with van der Waals surface area (Å²) in [6.45, 7) is 1.40. The highest BCUT2D eigenvalue weighted by Crippen LogP contribution is 2.35. The number of likely N-dealkylation sites (N-methyl/N-ethyl adjacent to an activating group) is 1. The lowest BCUT2D eigenvalue weighted by molar-refractivity contribution is -0.385. The Morgan fingerprint density at radius 3 is 2.39 bits per heavy atom. The Kier molecular flexibility index (Phi) is 6.91. The number of rotatable bonds is 8. The van der Waals surface area contributed by atoms with Crippen LogP contribution in [-0.4, -0.2) is 44.2 Å². The van der Waals surface area contributed by atoms with E-state index in [-0.39, 0.29) is 23.7 Å². The standard InChI is InChI=1S/C19H20N2O7/c1-4-27-17-11-15(21(24)25)14(10-16(17)26-3)19(23)28-12-18(22)20(2)13-8-6-5-7-9-13/h5-11H,4,12H2,1-3H3. The van der Waals surface area contributed by atoms with Gasteiger partial charge in [-0.1, -0.05) is 18.2 Å². The van der Waals surface area contributed by atoms with Crippen LogP contribution in [0.1, 0.15) is 17.3 Å². The number of amides is 1. The molecule has 2 rings (SSSR count). The molecule has 28 heavy (non-hydrogen) atoms. The van der Waals surface area contributed by atoms with E-state index in [1.165, 1.54) is 19.1 Å². The molecule has 0 aromatic heterocycles. The van der Waals surface area contributed by atoms with E-state index in [1.54, 1.807) is 37.3 Å². The van der Waals surface area contributed by atoms with Gasteiger partial charge in [-0.25, -0.2) is 4.79 Å². The van der Waals surface area contributed by atoms with Gasteiger partial charge in [0.1, 0.15) is 5.56 Å². The van der Waals surface area contributed by atoms with Gasteiger partial charge in [-0.2, -0.15) is 0 Å². The number of carbonyl (C=O) groups excluding carboxylic acids is 2. The lowest BCUT2D eigenvalue weighted by atomic mass is 10.1. The molecule has 0 heterocycles. The van der Waals surface area contributed by atoms with Crippen LogP contribution in [0.5, 0.6) is 11.5 Å². The van der Waals surface area contributed by atoms with Crippen LogP contribution in [0.3, 0.4) is 0 Å². The van der Waals surface area contributed by atoms with Crippen LogP contribution in [0.2, 0.25) is 0 Å².